The van der Waals surface area contributed by atoms with Crippen LogP contribution >= 0.6 is 11.3 Å². The Kier molecular flexibility index (Phi) is 6.24. The third kappa shape index (κ3) is 3.86. The Labute approximate surface area is 173 Å². The number of ether oxygens (including phenoxy) is 2. The van der Waals surface area contributed by atoms with E-state index in [1.54, 1.807) is 35.7 Å². The smallest absolute Gasteiger partial charge is 0.290 e. The van der Waals surface area contributed by atoms with Crippen molar-refractivity contribution in [1.82, 2.24) is 9.80 Å². The van der Waals surface area contributed by atoms with Crippen LogP contribution in [-0.4, -0.2) is 68.0 Å². The van der Waals surface area contributed by atoms with Crippen molar-refractivity contribution in [2.45, 2.75) is 6.04 Å². The number of likely N-dealkylation sites (N-methyl/N-ethyl adjacent to an activating group) is 1. The third-order valence-electron chi connectivity index (χ3n) is 4.81. The molecule has 3 rings (SSSR count). The molecular weight excluding hydrogens is 392 g/mol. The van der Waals surface area contributed by atoms with E-state index in [4.69, 9.17) is 9.47 Å². The molecule has 8 heteroatoms. The van der Waals surface area contributed by atoms with Crippen molar-refractivity contribution in [2.24, 2.45) is 0 Å². The number of carbonyl (C=O) groups excluding carboxylic acids is 2. The number of para-hydroxylation sites is 1. The summed E-state index contributed by atoms with van der Waals surface area (Å²) < 4.78 is 11.0. The fourth-order valence-electron chi connectivity index (χ4n) is 3.42. The Bertz CT molecular complexity index is 937. The van der Waals surface area contributed by atoms with E-state index in [9.17, 15) is 14.7 Å². The van der Waals surface area contributed by atoms with Gasteiger partial charge < -0.3 is 24.4 Å². The number of hydrogen-bond acceptors (Lipinski definition) is 7. The van der Waals surface area contributed by atoms with Crippen molar-refractivity contribution in [3.8, 4) is 11.5 Å². The average Bonchev–Trinajstić information content (AvgIpc) is 3.33. The molecule has 0 spiro atoms. The maximum Gasteiger partial charge on any atom is 0.290 e. The van der Waals surface area contributed by atoms with Gasteiger partial charge in [0, 0.05) is 18.7 Å². The predicted molar refractivity (Wildman–Crippen MR) is 111 cm³/mol. The molecule has 0 bridgehead atoms. The van der Waals surface area contributed by atoms with Gasteiger partial charge in [-0.15, -0.1) is 11.3 Å². The first kappa shape index (κ1) is 20.9. The highest BCUT2D eigenvalue weighted by Crippen LogP contribution is 2.45. The van der Waals surface area contributed by atoms with Gasteiger partial charge in [0.25, 0.3) is 5.91 Å². The number of amides is 1. The lowest BCUT2D eigenvalue weighted by Crippen LogP contribution is -2.36. The minimum Gasteiger partial charge on any atom is -0.503 e. The quantitative estimate of drug-likeness (QED) is 0.667. The van der Waals surface area contributed by atoms with Gasteiger partial charge in [-0.1, -0.05) is 18.2 Å². The first-order chi connectivity index (χ1) is 13.9. The van der Waals surface area contributed by atoms with E-state index in [1.165, 1.54) is 30.5 Å². The lowest BCUT2D eigenvalue weighted by Gasteiger charge is -2.29. The van der Waals surface area contributed by atoms with Crippen LogP contribution in [0.3, 0.4) is 0 Å². The molecule has 0 saturated heterocycles. The van der Waals surface area contributed by atoms with Gasteiger partial charge >= 0.3 is 0 Å². The first-order valence-electron chi connectivity index (χ1n) is 9.08. The average molecular weight is 416 g/mol. The second-order valence-corrected chi connectivity index (χ2v) is 7.80. The number of thiophene rings is 1. The van der Waals surface area contributed by atoms with Gasteiger partial charge in [-0.2, -0.15) is 0 Å². The van der Waals surface area contributed by atoms with Crippen molar-refractivity contribution < 1.29 is 24.2 Å². The van der Waals surface area contributed by atoms with Crippen LogP contribution in [0.15, 0.2) is 47.0 Å². The van der Waals surface area contributed by atoms with Crippen LogP contribution in [0.4, 0.5) is 0 Å². The normalized spacial score (nSPS) is 16.7. The van der Waals surface area contributed by atoms with Gasteiger partial charge in [-0.25, -0.2) is 0 Å². The Morgan fingerprint density at radius 1 is 1.21 bits per heavy atom. The van der Waals surface area contributed by atoms with E-state index in [0.29, 0.717) is 35.0 Å². The number of rotatable bonds is 8. The number of aliphatic hydroxyl groups is 1. The Balaban J connectivity index is 2.16. The van der Waals surface area contributed by atoms with E-state index >= 15 is 0 Å². The maximum atomic E-state index is 13.2. The fourth-order valence-corrected chi connectivity index (χ4v) is 4.09. The molecule has 0 saturated carbocycles. The zero-order valence-corrected chi connectivity index (χ0v) is 17.7. The number of hydrogen-bond donors (Lipinski definition) is 1. The molecule has 1 N–H and O–H groups in total. The molecule has 0 unspecified atom stereocenters. The highest BCUT2D eigenvalue weighted by atomic mass is 32.1. The molecule has 7 nitrogen and oxygen atoms in total. The minimum atomic E-state index is -0.776. The molecule has 29 heavy (non-hydrogen) atoms. The van der Waals surface area contributed by atoms with Crippen LogP contribution in [0.5, 0.6) is 11.5 Å². The molecule has 2 heterocycles. The number of ketones is 1. The summed E-state index contributed by atoms with van der Waals surface area (Å²) in [4.78, 5) is 30.0. The van der Waals surface area contributed by atoms with Gasteiger partial charge in [-0.05, 0) is 31.6 Å². The van der Waals surface area contributed by atoms with Crippen LogP contribution in [0.1, 0.15) is 21.3 Å². The Hall–Kier alpha value is -2.84. The van der Waals surface area contributed by atoms with Crippen LogP contribution in [-0.2, 0) is 4.79 Å². The zero-order valence-electron chi connectivity index (χ0n) is 16.8. The number of benzene rings is 1. The third-order valence-corrected chi connectivity index (χ3v) is 5.68. The summed E-state index contributed by atoms with van der Waals surface area (Å²) in [6.45, 7) is 0.907. The molecule has 1 atom stereocenters. The molecule has 1 aromatic carbocycles. The number of Topliss-reactive ketones (excluding diaryl/α,β-unsaturated/α-hetero) is 1. The van der Waals surface area contributed by atoms with E-state index in [2.05, 4.69) is 0 Å². The first-order valence-corrected chi connectivity index (χ1v) is 9.96. The number of aliphatic hydroxyl groups excluding tert-OH is 1. The summed E-state index contributed by atoms with van der Waals surface area (Å²) in [6.07, 6.45) is 0. The summed E-state index contributed by atoms with van der Waals surface area (Å²) >= 11 is 1.27. The van der Waals surface area contributed by atoms with Gasteiger partial charge in [0.1, 0.15) is 0 Å². The van der Waals surface area contributed by atoms with Gasteiger partial charge in [0.15, 0.2) is 17.3 Å². The van der Waals surface area contributed by atoms with Crippen LogP contribution in [0.25, 0.3) is 0 Å². The molecule has 0 aliphatic carbocycles. The number of methoxy groups -OCH3 is 2. The molecule has 1 aliphatic rings. The minimum absolute atomic E-state index is 0.0581. The second kappa shape index (κ2) is 8.67. The van der Waals surface area contributed by atoms with Gasteiger partial charge in [0.05, 0.1) is 30.7 Å². The topological polar surface area (TPSA) is 79.3 Å². The molecule has 154 valence electrons. The highest BCUT2D eigenvalue weighted by Gasteiger charge is 2.45. The van der Waals surface area contributed by atoms with Crippen molar-refractivity contribution in [3.05, 3.63) is 57.5 Å². The summed E-state index contributed by atoms with van der Waals surface area (Å²) in [5.74, 6) is -0.542. The van der Waals surface area contributed by atoms with Crippen molar-refractivity contribution in [1.29, 1.82) is 0 Å². The van der Waals surface area contributed by atoms with Gasteiger partial charge in [-0.3, -0.25) is 9.59 Å². The summed E-state index contributed by atoms with van der Waals surface area (Å²) in [5, 5.41) is 12.5. The number of carbonyl (C=O) groups is 2. The molecule has 1 aliphatic heterocycles. The Morgan fingerprint density at radius 2 is 1.97 bits per heavy atom. The fraction of sp³-hybridized carbons (Fsp3) is 0.333. The molecule has 1 amide bonds. The van der Waals surface area contributed by atoms with E-state index in [0.717, 1.165) is 0 Å². The second-order valence-electron chi connectivity index (χ2n) is 6.86. The van der Waals surface area contributed by atoms with Crippen LogP contribution in [0, 0.1) is 0 Å². The molecule has 1 aromatic heterocycles. The summed E-state index contributed by atoms with van der Waals surface area (Å²) in [7, 11) is 6.82. The lowest BCUT2D eigenvalue weighted by atomic mass is 9.94. The SMILES string of the molecule is COc1cccc([C@H]2C(C(=O)c3cccs3)=C(O)C(=O)N2CCN(C)C)c1OC. The van der Waals surface area contributed by atoms with E-state index < -0.39 is 17.7 Å². The molecule has 2 aromatic rings. The monoisotopic (exact) mass is 416 g/mol. The standard InChI is InChI=1S/C21H24N2O5S/c1-22(2)10-11-23-17(13-7-5-8-14(27-3)20(13)28-4)16(19(25)21(23)26)18(24)15-9-6-12-29-15/h5-9,12,17,25H,10-11H2,1-4H3/t17-/m0/s1. The largest absolute Gasteiger partial charge is 0.503 e. The zero-order chi connectivity index (χ0) is 21.1. The lowest BCUT2D eigenvalue weighted by molar-refractivity contribution is -0.129. The van der Waals surface area contributed by atoms with E-state index in [1.807, 2.05) is 19.0 Å². The molecule has 0 fully saturated rings. The molecular formula is C21H24N2O5S. The van der Waals surface area contributed by atoms with E-state index in [-0.39, 0.29) is 11.4 Å². The van der Waals surface area contributed by atoms with Crippen molar-refractivity contribution >= 4 is 23.0 Å². The van der Waals surface area contributed by atoms with Crippen molar-refractivity contribution in [2.75, 3.05) is 41.4 Å². The van der Waals surface area contributed by atoms with Gasteiger partial charge in [0.2, 0.25) is 5.78 Å². The predicted octanol–water partition coefficient (Wildman–Crippen LogP) is 2.91. The van der Waals surface area contributed by atoms with Crippen molar-refractivity contribution in [3.63, 3.8) is 0 Å². The highest BCUT2D eigenvalue weighted by molar-refractivity contribution is 7.12. The molecule has 0 radical (unpaired) electrons. The van der Waals surface area contributed by atoms with Crippen LogP contribution in [0.2, 0.25) is 0 Å². The summed E-state index contributed by atoms with van der Waals surface area (Å²) in [5.41, 5.74) is 0.644. The maximum absolute atomic E-state index is 13.2. The van der Waals surface area contributed by atoms with Crippen LogP contribution < -0.4 is 9.47 Å². The summed E-state index contributed by atoms with van der Waals surface area (Å²) in [6, 6.07) is 7.96. The number of nitrogens with zero attached hydrogens (tertiary/aromatic N) is 2. The Morgan fingerprint density at radius 3 is 2.55 bits per heavy atom.